The van der Waals surface area contributed by atoms with E-state index < -0.39 is 5.60 Å². The Morgan fingerprint density at radius 2 is 1.52 bits per heavy atom. The largest absolute Gasteiger partial charge is 0.506 e. The molecule has 0 saturated heterocycles. The summed E-state index contributed by atoms with van der Waals surface area (Å²) in [6.45, 7) is 2.04. The molecule has 1 unspecified atom stereocenters. The summed E-state index contributed by atoms with van der Waals surface area (Å²) in [6, 6.07) is 11.4. The lowest BCUT2D eigenvalue weighted by molar-refractivity contribution is 0.0222. The van der Waals surface area contributed by atoms with Gasteiger partial charge in [-0.25, -0.2) is 4.79 Å². The first kappa shape index (κ1) is 20.5. The van der Waals surface area contributed by atoms with E-state index in [9.17, 15) is 9.90 Å². The van der Waals surface area contributed by atoms with E-state index in [1.807, 2.05) is 37.3 Å². The van der Waals surface area contributed by atoms with Crippen molar-refractivity contribution >= 4 is 96.3 Å². The Labute approximate surface area is 221 Å². The number of hydrogen-bond donors (Lipinski definition) is 1. The number of phenols is 1. The van der Waals surface area contributed by atoms with E-state index in [2.05, 4.69) is 90.4 Å². The number of rotatable bonds is 0. The van der Waals surface area contributed by atoms with Gasteiger partial charge < -0.3 is 14.6 Å². The Hall–Kier alpha value is -0.350. The van der Waals surface area contributed by atoms with Crippen LogP contribution in [0.2, 0.25) is 0 Å². The van der Waals surface area contributed by atoms with Crippen molar-refractivity contribution in [2.45, 2.75) is 12.5 Å². The number of carbonyl (C=O) groups is 1. The predicted octanol–water partition coefficient (Wildman–Crippen LogP) is 6.69. The Morgan fingerprint density at radius 1 is 0.897 bits per heavy atom. The molecule has 2 aliphatic rings. The van der Waals surface area contributed by atoms with Crippen molar-refractivity contribution in [1.82, 2.24) is 0 Å². The molecule has 1 N–H and O–H groups in total. The second-order valence-electron chi connectivity index (χ2n) is 6.79. The highest BCUT2D eigenvalue weighted by Gasteiger charge is 2.55. The van der Waals surface area contributed by atoms with Crippen LogP contribution in [-0.4, -0.2) is 11.1 Å². The number of hydrogen-bond acceptors (Lipinski definition) is 4. The minimum absolute atomic E-state index is 0.165. The van der Waals surface area contributed by atoms with E-state index in [0.29, 0.717) is 24.2 Å². The molecule has 1 atom stereocenters. The van der Waals surface area contributed by atoms with E-state index in [4.69, 9.17) is 9.47 Å². The average molecular weight is 834 g/mol. The molecule has 0 amide bonds. The number of esters is 1. The lowest BCUT2D eigenvalue weighted by Gasteiger charge is -2.38. The summed E-state index contributed by atoms with van der Waals surface area (Å²) in [5, 5.41) is 10.6. The van der Waals surface area contributed by atoms with Gasteiger partial charge in [0.05, 0.1) is 21.8 Å². The van der Waals surface area contributed by atoms with Gasteiger partial charge in [0.1, 0.15) is 11.5 Å². The summed E-state index contributed by atoms with van der Waals surface area (Å²) < 4.78 is 15.9. The third-order valence-corrected chi connectivity index (χ3v) is 9.53. The normalized spacial score (nSPS) is 18.7. The number of halogens is 4. The molecule has 5 rings (SSSR count). The van der Waals surface area contributed by atoms with Crippen LogP contribution in [0.1, 0.15) is 32.6 Å². The first-order valence-electron chi connectivity index (χ1n) is 8.48. The van der Waals surface area contributed by atoms with Crippen molar-refractivity contribution < 1.29 is 19.4 Å². The first-order valence-corrected chi connectivity index (χ1v) is 12.8. The molecule has 29 heavy (non-hydrogen) atoms. The van der Waals surface area contributed by atoms with Crippen LogP contribution in [0.5, 0.6) is 17.2 Å². The topological polar surface area (TPSA) is 55.8 Å². The van der Waals surface area contributed by atoms with Gasteiger partial charge >= 0.3 is 5.97 Å². The molecular formula is C21H10I4O4. The van der Waals surface area contributed by atoms with Crippen molar-refractivity contribution in [2.24, 2.45) is 0 Å². The average Bonchev–Trinajstić information content (AvgIpc) is 3.00. The quantitative estimate of drug-likeness (QED) is 0.203. The number of carbonyl (C=O) groups excluding carboxylic acids is 1. The molecule has 0 bridgehead atoms. The van der Waals surface area contributed by atoms with Crippen molar-refractivity contribution in [3.63, 3.8) is 0 Å². The van der Waals surface area contributed by atoms with Gasteiger partial charge in [0.2, 0.25) is 0 Å². The molecular weight excluding hydrogens is 824 g/mol. The lowest BCUT2D eigenvalue weighted by Crippen LogP contribution is -2.34. The zero-order valence-electron chi connectivity index (χ0n) is 14.6. The molecule has 1 spiro atoms. The van der Waals surface area contributed by atoms with Crippen LogP contribution in [0, 0.1) is 21.2 Å². The molecule has 0 aliphatic carbocycles. The van der Waals surface area contributed by atoms with E-state index in [1.54, 1.807) is 6.07 Å². The zero-order valence-corrected chi connectivity index (χ0v) is 23.3. The number of benzene rings is 3. The minimum Gasteiger partial charge on any atom is -0.506 e. The van der Waals surface area contributed by atoms with Crippen LogP contribution in [-0.2, 0) is 10.3 Å². The second kappa shape index (κ2) is 7.08. The molecule has 0 aromatic heterocycles. The molecule has 8 heteroatoms. The smallest absolute Gasteiger partial charge is 0.340 e. The highest BCUT2D eigenvalue weighted by atomic mass is 127. The Morgan fingerprint density at radius 3 is 2.24 bits per heavy atom. The Kier molecular flexibility index (Phi) is 5.02. The number of fused-ring (bicyclic) bond motifs is 6. The van der Waals surface area contributed by atoms with Gasteiger partial charge in [-0.3, -0.25) is 0 Å². The molecule has 2 aliphatic heterocycles. The van der Waals surface area contributed by atoms with Gasteiger partial charge in [0, 0.05) is 14.7 Å². The standard InChI is InChI=1S/C21H10I4O4/c1-8-13(22)6-11-18(15(8)24)28-19-12(7-14(23)17(26)16(19)25)21(11)10-5-3-2-4-9(10)20(27)29-21/h2-7,26H,1H3. The summed E-state index contributed by atoms with van der Waals surface area (Å²) >= 11 is 8.77. The van der Waals surface area contributed by atoms with Crippen molar-refractivity contribution in [3.8, 4) is 17.2 Å². The summed E-state index contributed by atoms with van der Waals surface area (Å²) in [7, 11) is 0. The molecule has 4 nitrogen and oxygen atoms in total. The summed E-state index contributed by atoms with van der Waals surface area (Å²) in [4.78, 5) is 12.9. The molecule has 3 aromatic carbocycles. The van der Waals surface area contributed by atoms with Gasteiger partial charge in [0.25, 0.3) is 0 Å². The maximum atomic E-state index is 12.9. The third-order valence-electron chi connectivity index (χ3n) is 5.29. The summed E-state index contributed by atoms with van der Waals surface area (Å²) in [5.41, 5.74) is 2.87. The van der Waals surface area contributed by atoms with Crippen molar-refractivity contribution in [3.05, 3.63) is 78.5 Å². The SMILES string of the molecule is Cc1c(I)cc2c(c1I)Oc1c(cc(I)c(O)c1I)C21OC(=O)c2ccccc21. The van der Waals surface area contributed by atoms with E-state index in [1.165, 1.54) is 0 Å². The Balaban J connectivity index is 1.99. The number of phenolic OH excluding ortho intramolecular Hbond substituents is 1. The van der Waals surface area contributed by atoms with Crippen LogP contribution in [0.25, 0.3) is 0 Å². The van der Waals surface area contributed by atoms with Crippen LogP contribution in [0.3, 0.4) is 0 Å². The third kappa shape index (κ3) is 2.73. The molecule has 3 aromatic rings. The van der Waals surface area contributed by atoms with Gasteiger partial charge in [0.15, 0.2) is 11.4 Å². The molecule has 2 heterocycles. The summed E-state index contributed by atoms with van der Waals surface area (Å²) in [6.07, 6.45) is 0. The van der Waals surface area contributed by atoms with Crippen molar-refractivity contribution in [1.29, 1.82) is 0 Å². The van der Waals surface area contributed by atoms with Crippen LogP contribution < -0.4 is 4.74 Å². The fourth-order valence-corrected chi connectivity index (χ4v) is 7.45. The highest BCUT2D eigenvalue weighted by Crippen LogP contribution is 2.59. The van der Waals surface area contributed by atoms with Gasteiger partial charge in [-0.1, -0.05) is 18.2 Å². The van der Waals surface area contributed by atoms with E-state index in [-0.39, 0.29) is 11.7 Å². The van der Waals surface area contributed by atoms with Gasteiger partial charge in [-0.15, -0.1) is 0 Å². The molecule has 0 radical (unpaired) electrons. The van der Waals surface area contributed by atoms with Crippen LogP contribution in [0.4, 0.5) is 0 Å². The van der Waals surface area contributed by atoms with E-state index in [0.717, 1.165) is 29.4 Å². The zero-order chi connectivity index (χ0) is 20.7. The molecule has 0 fully saturated rings. The number of ether oxygens (including phenoxy) is 2. The minimum atomic E-state index is -1.11. The number of aromatic hydroxyl groups is 1. The predicted molar refractivity (Wildman–Crippen MR) is 142 cm³/mol. The monoisotopic (exact) mass is 834 g/mol. The van der Waals surface area contributed by atoms with Gasteiger partial charge in [-0.05, 0) is 121 Å². The fourth-order valence-electron chi connectivity index (χ4n) is 3.87. The maximum absolute atomic E-state index is 12.9. The fraction of sp³-hybridized carbons (Fsp3) is 0.0952. The molecule has 146 valence electrons. The van der Waals surface area contributed by atoms with E-state index >= 15 is 0 Å². The van der Waals surface area contributed by atoms with Gasteiger partial charge in [-0.2, -0.15) is 0 Å². The van der Waals surface area contributed by atoms with Crippen molar-refractivity contribution in [2.75, 3.05) is 0 Å². The maximum Gasteiger partial charge on any atom is 0.340 e. The summed E-state index contributed by atoms with van der Waals surface area (Å²) in [5.74, 6) is 1.000. The first-order chi connectivity index (χ1) is 13.8. The second-order valence-corrected chi connectivity index (χ2v) is 11.3. The highest BCUT2D eigenvalue weighted by molar-refractivity contribution is 14.1. The lowest BCUT2D eigenvalue weighted by atomic mass is 9.77. The van der Waals surface area contributed by atoms with Crippen LogP contribution in [0.15, 0.2) is 36.4 Å². The van der Waals surface area contributed by atoms with Crippen LogP contribution >= 0.6 is 90.4 Å². The Bertz CT molecular complexity index is 1190. The molecule has 0 saturated carbocycles.